The van der Waals surface area contributed by atoms with Gasteiger partial charge in [-0.25, -0.2) is 0 Å². The van der Waals surface area contributed by atoms with Crippen molar-refractivity contribution in [2.24, 2.45) is 0 Å². The molecule has 8 rings (SSSR count). The van der Waals surface area contributed by atoms with Crippen molar-refractivity contribution in [3.63, 3.8) is 0 Å². The van der Waals surface area contributed by atoms with Crippen LogP contribution in [-0.2, 0) is 0 Å². The average Bonchev–Trinajstić information content (AvgIpc) is 4.28. The molecule has 0 atom stereocenters. The van der Waals surface area contributed by atoms with Crippen LogP contribution in [0.2, 0.25) is 0 Å². The number of nitrogens with zero attached hydrogens (tertiary/aromatic N) is 4. The van der Waals surface area contributed by atoms with Crippen LogP contribution in [0.25, 0.3) is 0 Å². The maximum atomic E-state index is 4.96. The molecule has 0 aliphatic heterocycles. The zero-order chi connectivity index (χ0) is 53.7. The van der Waals surface area contributed by atoms with Crippen LogP contribution < -0.4 is 0 Å². The molecule has 0 spiro atoms. The van der Waals surface area contributed by atoms with E-state index in [9.17, 15) is 0 Å². The first-order chi connectivity index (χ1) is 32.1. The lowest BCUT2D eigenvalue weighted by atomic mass is 10.2. The van der Waals surface area contributed by atoms with Crippen molar-refractivity contribution in [3.05, 3.63) is 157 Å². The topological polar surface area (TPSA) is 104 Å². The fourth-order valence-electron chi connectivity index (χ4n) is 3.91. The second-order valence-electron chi connectivity index (χ2n) is 14.4. The zero-order valence-electron chi connectivity index (χ0n) is 47.7. The number of hydrogen-bond donors (Lipinski definition) is 0. The van der Waals surface area contributed by atoms with Gasteiger partial charge in [0.25, 0.3) is 0 Å². The van der Waals surface area contributed by atoms with Crippen molar-refractivity contribution >= 4 is 45.7 Å². The number of furan rings is 2. The highest BCUT2D eigenvalue weighted by atomic mass is 32.1. The molecule has 8 aromatic rings. The quantitative estimate of drug-likeness (QED) is 0.148. The maximum Gasteiger partial charge on any atom is 0.136 e. The summed E-state index contributed by atoms with van der Waals surface area (Å²) < 4.78 is 27.9. The Labute approximate surface area is 431 Å². The van der Waals surface area contributed by atoms with Crippen molar-refractivity contribution in [2.75, 3.05) is 0 Å². The molecule has 0 saturated carbocycles. The van der Waals surface area contributed by atoms with Gasteiger partial charge in [0, 0.05) is 30.6 Å². The van der Waals surface area contributed by atoms with Crippen molar-refractivity contribution in [3.8, 4) is 0 Å². The molecule has 8 heterocycles. The van der Waals surface area contributed by atoms with Crippen molar-refractivity contribution in [2.45, 2.75) is 194 Å². The normalized spacial score (nSPS) is 8.88. The van der Waals surface area contributed by atoms with E-state index >= 15 is 0 Å². The summed E-state index contributed by atoms with van der Waals surface area (Å²) in [5, 5.41) is 11.7. The lowest BCUT2D eigenvalue weighted by molar-refractivity contribution is 0.392. The average molecular weight is 1010 g/mol. The van der Waals surface area contributed by atoms with Crippen LogP contribution in [-0.4, -0.2) is 19.1 Å². The van der Waals surface area contributed by atoms with Gasteiger partial charge < -0.3 is 17.9 Å². The lowest BCUT2D eigenvalue weighted by Crippen LogP contribution is -1.73. The molecule has 0 N–H and O–H groups in total. The first-order valence-electron chi connectivity index (χ1n) is 23.7. The SMILES string of the molecule is CC.CC.CC.CC.Cc1ccoc1C.Cc1ccoc1C.Cc1ccsc1C.Cc1ccsc1C.Cc1noc(C)c1C.Cc1noc(C)c1C.Cc1nsc(C)c1C.Cc1nsc(C)c1C. The predicted octanol–water partition coefficient (Wildman–Crippen LogP) is 20.0. The molecule has 0 aromatic carbocycles. The Morgan fingerprint density at radius 3 is 0.676 bits per heavy atom. The Hall–Kier alpha value is -4.36. The zero-order valence-corrected chi connectivity index (χ0v) is 50.9. The molecule has 384 valence electrons. The van der Waals surface area contributed by atoms with Gasteiger partial charge in [0.05, 0.1) is 35.3 Å². The van der Waals surface area contributed by atoms with Crippen molar-refractivity contribution in [1.82, 2.24) is 19.1 Å². The Kier molecular flexibility index (Phi) is 42.9. The molecule has 0 aliphatic rings. The van der Waals surface area contributed by atoms with Crippen LogP contribution in [0.15, 0.2) is 65.4 Å². The molecule has 8 nitrogen and oxygen atoms in total. The standard InChI is InChI=1S/2C6H9NO.2C6H9NS.2C6H8O.2C6H8S.4C2H6/c4*1-4-5(2)7-8-6(4)3;4*1-5-3-4-7-6(5)2;4*1-2/h4*1-3H3;4*3-4H,1-2H3;4*1-2H3. The van der Waals surface area contributed by atoms with E-state index in [1.165, 1.54) is 64.3 Å². The minimum absolute atomic E-state index is 0.919. The van der Waals surface area contributed by atoms with Gasteiger partial charge in [-0.3, -0.25) is 0 Å². The second-order valence-corrected chi connectivity index (χ2v) is 18.6. The second kappa shape index (κ2) is 41.6. The number of aromatic nitrogens is 4. The summed E-state index contributed by atoms with van der Waals surface area (Å²) in [4.78, 5) is 5.53. The van der Waals surface area contributed by atoms with E-state index in [0.29, 0.717) is 0 Å². The number of hydrogen-bond acceptors (Lipinski definition) is 12. The third-order valence-electron chi connectivity index (χ3n) is 10.0. The summed E-state index contributed by atoms with van der Waals surface area (Å²) in [7, 11) is 0. The van der Waals surface area contributed by atoms with Crippen LogP contribution in [0.5, 0.6) is 0 Å². The van der Waals surface area contributed by atoms with Gasteiger partial charge in [-0.2, -0.15) is 8.75 Å². The molecule has 0 radical (unpaired) electrons. The molecule has 0 aliphatic carbocycles. The minimum Gasteiger partial charge on any atom is -0.469 e. The molecule has 12 heteroatoms. The van der Waals surface area contributed by atoms with Gasteiger partial charge in [-0.1, -0.05) is 65.7 Å². The molecule has 0 saturated heterocycles. The third kappa shape index (κ3) is 29.5. The van der Waals surface area contributed by atoms with Crippen LogP contribution in [0.4, 0.5) is 0 Å². The number of aryl methyl sites for hydroxylation is 16. The molecule has 0 bridgehead atoms. The maximum absolute atomic E-state index is 4.96. The minimum atomic E-state index is 0.919. The van der Waals surface area contributed by atoms with Crippen molar-refractivity contribution in [1.29, 1.82) is 0 Å². The summed E-state index contributed by atoms with van der Waals surface area (Å²) in [6.07, 6.45) is 3.40. The predicted molar refractivity (Wildman–Crippen MR) is 303 cm³/mol. The number of rotatable bonds is 0. The largest absolute Gasteiger partial charge is 0.469 e. The number of thiophene rings is 2. The fraction of sp³-hybridized carbons (Fsp3) is 0.500. The molecule has 68 heavy (non-hydrogen) atoms. The van der Waals surface area contributed by atoms with E-state index in [0.717, 1.165) is 45.6 Å². The molecule has 8 aromatic heterocycles. The first kappa shape index (κ1) is 70.2. The van der Waals surface area contributed by atoms with E-state index < -0.39 is 0 Å². The van der Waals surface area contributed by atoms with E-state index in [-0.39, 0.29) is 0 Å². The van der Waals surface area contributed by atoms with Gasteiger partial charge in [-0.15, -0.1) is 22.7 Å². The van der Waals surface area contributed by atoms with Gasteiger partial charge in [0.1, 0.15) is 23.0 Å². The third-order valence-corrected chi connectivity index (χ3v) is 13.8. The van der Waals surface area contributed by atoms with Gasteiger partial charge >= 0.3 is 0 Å². The van der Waals surface area contributed by atoms with Gasteiger partial charge in [0.15, 0.2) is 0 Å². The summed E-state index contributed by atoms with van der Waals surface area (Å²) in [6.45, 7) is 56.7. The molecular formula is C56H92N4O4S4. The first-order valence-corrected chi connectivity index (χ1v) is 27.0. The molecular weight excluding hydrogens is 921 g/mol. The van der Waals surface area contributed by atoms with E-state index in [4.69, 9.17) is 17.9 Å². The van der Waals surface area contributed by atoms with Crippen molar-refractivity contribution < 1.29 is 17.9 Å². The molecule has 0 amide bonds. The van der Waals surface area contributed by atoms with E-state index in [1.54, 1.807) is 58.3 Å². The fourth-order valence-corrected chi connectivity index (χ4v) is 6.76. The van der Waals surface area contributed by atoms with Gasteiger partial charge in [-0.05, 0) is 230 Å². The Morgan fingerprint density at radius 2 is 0.618 bits per heavy atom. The highest BCUT2D eigenvalue weighted by Crippen LogP contribution is 2.16. The summed E-state index contributed by atoms with van der Waals surface area (Å²) in [5.74, 6) is 3.87. The monoisotopic (exact) mass is 1010 g/mol. The summed E-state index contributed by atoms with van der Waals surface area (Å²) >= 11 is 6.77. The smallest absolute Gasteiger partial charge is 0.136 e. The molecule has 0 fully saturated rings. The Morgan fingerprint density at radius 1 is 0.324 bits per heavy atom. The van der Waals surface area contributed by atoms with E-state index in [2.05, 4.69) is 97.3 Å². The van der Waals surface area contributed by atoms with Crippen LogP contribution >= 0.6 is 45.7 Å². The summed E-state index contributed by atoms with van der Waals surface area (Å²) in [6, 6.07) is 8.19. The van der Waals surface area contributed by atoms with Gasteiger partial charge in [0.2, 0.25) is 0 Å². The molecule has 0 unspecified atom stereocenters. The van der Waals surface area contributed by atoms with Crippen LogP contribution in [0.3, 0.4) is 0 Å². The van der Waals surface area contributed by atoms with E-state index in [1.807, 2.05) is 151 Å². The van der Waals surface area contributed by atoms with Crippen LogP contribution in [0, 0.1) is 138 Å². The highest BCUT2D eigenvalue weighted by molar-refractivity contribution is 7.10. The lowest BCUT2D eigenvalue weighted by Gasteiger charge is -1.83. The Balaban J connectivity index is -0.000000337. The Bertz CT molecular complexity index is 1900. The van der Waals surface area contributed by atoms with Crippen LogP contribution in [0.1, 0.15) is 165 Å². The highest BCUT2D eigenvalue weighted by Gasteiger charge is 2.01. The summed E-state index contributed by atoms with van der Waals surface area (Å²) in [5.41, 5.74) is 14.6.